The van der Waals surface area contributed by atoms with Crippen LogP contribution in [0, 0.1) is 0 Å². The van der Waals surface area contributed by atoms with Crippen LogP contribution in [0.15, 0.2) is 24.3 Å². The molecule has 2 amide bonds. The number of hydrogen-bond acceptors (Lipinski definition) is 3. The molecule has 27 heavy (non-hydrogen) atoms. The molecule has 0 bridgehead atoms. The van der Waals surface area contributed by atoms with Crippen molar-refractivity contribution in [1.29, 1.82) is 0 Å². The lowest BCUT2D eigenvalue weighted by molar-refractivity contribution is -0.151. The molecule has 0 fully saturated rings. The van der Waals surface area contributed by atoms with Crippen molar-refractivity contribution in [2.45, 2.75) is 65.0 Å². The summed E-state index contributed by atoms with van der Waals surface area (Å²) >= 11 is 0. The van der Waals surface area contributed by atoms with Gasteiger partial charge in [-0.1, -0.05) is 38.1 Å². The van der Waals surface area contributed by atoms with Gasteiger partial charge in [-0.2, -0.15) is 0 Å². The van der Waals surface area contributed by atoms with E-state index in [-0.39, 0.29) is 18.2 Å². The predicted molar refractivity (Wildman–Crippen MR) is 103 cm³/mol. The topological polar surface area (TPSA) is 77.9 Å². The van der Waals surface area contributed by atoms with E-state index < -0.39 is 12.0 Å². The normalized spacial score (nSPS) is 15.9. The number of aliphatic carboxylic acids is 1. The highest BCUT2D eigenvalue weighted by atomic mass is 16.4. The van der Waals surface area contributed by atoms with Gasteiger partial charge in [-0.3, -0.25) is 9.59 Å². The van der Waals surface area contributed by atoms with Gasteiger partial charge < -0.3 is 14.9 Å². The molecule has 1 aliphatic rings. The molecular weight excluding hydrogens is 344 g/mol. The van der Waals surface area contributed by atoms with Gasteiger partial charge in [0.25, 0.3) is 0 Å². The van der Waals surface area contributed by atoms with Gasteiger partial charge in [0.1, 0.15) is 6.04 Å². The van der Waals surface area contributed by atoms with Crippen LogP contribution in [0.5, 0.6) is 0 Å². The van der Waals surface area contributed by atoms with E-state index >= 15 is 0 Å². The summed E-state index contributed by atoms with van der Waals surface area (Å²) in [5.74, 6) is -1.10. The van der Waals surface area contributed by atoms with E-state index in [2.05, 4.69) is 0 Å². The Morgan fingerprint density at radius 3 is 2.30 bits per heavy atom. The number of fused-ring (bicyclic) bond motifs is 1. The summed E-state index contributed by atoms with van der Waals surface area (Å²) in [7, 11) is 0. The first-order chi connectivity index (χ1) is 13.0. The predicted octanol–water partition coefficient (Wildman–Crippen LogP) is 2.84. The molecule has 0 aliphatic carbocycles. The zero-order chi connectivity index (χ0) is 19.8. The van der Waals surface area contributed by atoms with Crippen LogP contribution in [0.25, 0.3) is 0 Å². The van der Waals surface area contributed by atoms with E-state index in [1.165, 1.54) is 4.90 Å². The second-order valence-corrected chi connectivity index (χ2v) is 7.08. The van der Waals surface area contributed by atoms with E-state index in [9.17, 15) is 19.5 Å². The Hall–Kier alpha value is -2.37. The molecule has 6 heteroatoms. The molecule has 1 heterocycles. The SMILES string of the molecule is CCCN(CCC)C(=O)CCCC(=O)N1Cc2ccccc2CC1C(=O)O. The zero-order valence-electron chi connectivity index (χ0n) is 16.3. The van der Waals surface area contributed by atoms with Crippen LogP contribution in [0.2, 0.25) is 0 Å². The molecule has 0 radical (unpaired) electrons. The van der Waals surface area contributed by atoms with Crippen molar-refractivity contribution < 1.29 is 19.5 Å². The number of carbonyl (C=O) groups is 3. The van der Waals surface area contributed by atoms with Crippen molar-refractivity contribution in [3.63, 3.8) is 0 Å². The van der Waals surface area contributed by atoms with E-state index in [1.54, 1.807) is 0 Å². The number of carboxylic acid groups (broad SMARTS) is 1. The molecule has 0 aromatic heterocycles. The standard InChI is InChI=1S/C21H30N2O4/c1-3-12-22(13-4-2)19(24)10-7-11-20(25)23-15-17-9-6-5-8-16(17)14-18(23)21(26)27/h5-6,8-9,18H,3-4,7,10-15H2,1-2H3,(H,26,27). The number of hydrogen-bond donors (Lipinski definition) is 1. The number of carboxylic acids is 1. The van der Waals surface area contributed by atoms with Crippen molar-refractivity contribution in [2.75, 3.05) is 13.1 Å². The average molecular weight is 374 g/mol. The Bertz CT molecular complexity index is 668. The highest BCUT2D eigenvalue weighted by Gasteiger charge is 2.34. The maximum absolute atomic E-state index is 12.7. The zero-order valence-corrected chi connectivity index (χ0v) is 16.3. The van der Waals surface area contributed by atoms with Crippen LogP contribution >= 0.6 is 0 Å². The molecule has 0 saturated heterocycles. The summed E-state index contributed by atoms with van der Waals surface area (Å²) in [6, 6.07) is 6.81. The lowest BCUT2D eigenvalue weighted by Gasteiger charge is -2.34. The molecule has 2 rings (SSSR count). The van der Waals surface area contributed by atoms with E-state index in [4.69, 9.17) is 0 Å². The second kappa shape index (κ2) is 10.1. The Kier molecular flexibility index (Phi) is 7.82. The molecular formula is C21H30N2O4. The number of benzene rings is 1. The van der Waals surface area contributed by atoms with Crippen molar-refractivity contribution in [2.24, 2.45) is 0 Å². The minimum Gasteiger partial charge on any atom is -0.480 e. The average Bonchev–Trinajstić information content (AvgIpc) is 2.66. The van der Waals surface area contributed by atoms with E-state index in [0.717, 1.165) is 37.1 Å². The number of nitrogens with zero attached hydrogens (tertiary/aromatic N) is 2. The summed E-state index contributed by atoms with van der Waals surface area (Å²) in [6.45, 7) is 5.88. The van der Waals surface area contributed by atoms with Gasteiger partial charge in [0.2, 0.25) is 11.8 Å². The molecule has 148 valence electrons. The fraction of sp³-hybridized carbons (Fsp3) is 0.571. The lowest BCUT2D eigenvalue weighted by Crippen LogP contribution is -2.48. The minimum atomic E-state index is -0.981. The summed E-state index contributed by atoms with van der Waals surface area (Å²) in [6.07, 6.45) is 3.14. The van der Waals surface area contributed by atoms with Crippen molar-refractivity contribution >= 4 is 17.8 Å². The maximum atomic E-state index is 12.7. The molecule has 1 aliphatic heterocycles. The van der Waals surface area contributed by atoms with Crippen LogP contribution in [-0.4, -0.2) is 51.8 Å². The molecule has 1 atom stereocenters. The third kappa shape index (κ3) is 5.55. The van der Waals surface area contributed by atoms with Gasteiger partial charge in [0.05, 0.1) is 0 Å². The number of rotatable bonds is 9. The van der Waals surface area contributed by atoms with Gasteiger partial charge in [0, 0.05) is 38.9 Å². The third-order valence-corrected chi connectivity index (χ3v) is 4.98. The summed E-state index contributed by atoms with van der Waals surface area (Å²) in [4.78, 5) is 39.9. The van der Waals surface area contributed by atoms with Gasteiger partial charge in [-0.25, -0.2) is 4.79 Å². The maximum Gasteiger partial charge on any atom is 0.326 e. The second-order valence-electron chi connectivity index (χ2n) is 7.08. The fourth-order valence-corrected chi connectivity index (χ4v) is 3.60. The summed E-state index contributed by atoms with van der Waals surface area (Å²) in [5, 5.41) is 9.53. The largest absolute Gasteiger partial charge is 0.480 e. The first-order valence-corrected chi connectivity index (χ1v) is 9.84. The van der Waals surface area contributed by atoms with E-state index in [1.807, 2.05) is 43.0 Å². The Morgan fingerprint density at radius 2 is 1.70 bits per heavy atom. The van der Waals surface area contributed by atoms with Crippen LogP contribution in [0.3, 0.4) is 0 Å². The highest BCUT2D eigenvalue weighted by molar-refractivity contribution is 5.85. The number of amides is 2. The van der Waals surface area contributed by atoms with E-state index in [0.29, 0.717) is 25.8 Å². The molecule has 1 aromatic carbocycles. The number of carbonyl (C=O) groups excluding carboxylic acids is 2. The van der Waals surface area contributed by atoms with Crippen molar-refractivity contribution in [1.82, 2.24) is 9.80 Å². The minimum absolute atomic E-state index is 0.0743. The van der Waals surface area contributed by atoms with Gasteiger partial charge in [0.15, 0.2) is 0 Å². The molecule has 6 nitrogen and oxygen atoms in total. The van der Waals surface area contributed by atoms with Crippen LogP contribution < -0.4 is 0 Å². The molecule has 1 N–H and O–H groups in total. The molecule has 1 aromatic rings. The first-order valence-electron chi connectivity index (χ1n) is 9.84. The summed E-state index contributed by atoms with van der Waals surface area (Å²) in [5.41, 5.74) is 1.98. The Balaban J connectivity index is 1.94. The fourth-order valence-electron chi connectivity index (χ4n) is 3.60. The Morgan fingerprint density at radius 1 is 1.07 bits per heavy atom. The smallest absolute Gasteiger partial charge is 0.326 e. The lowest BCUT2D eigenvalue weighted by atomic mass is 9.93. The van der Waals surface area contributed by atoms with Crippen molar-refractivity contribution in [3.05, 3.63) is 35.4 Å². The quantitative estimate of drug-likeness (QED) is 0.721. The van der Waals surface area contributed by atoms with Crippen LogP contribution in [0.4, 0.5) is 0 Å². The monoisotopic (exact) mass is 374 g/mol. The van der Waals surface area contributed by atoms with Crippen molar-refractivity contribution in [3.8, 4) is 0 Å². The highest BCUT2D eigenvalue weighted by Crippen LogP contribution is 2.24. The van der Waals surface area contributed by atoms with Gasteiger partial charge in [-0.15, -0.1) is 0 Å². The van der Waals surface area contributed by atoms with Crippen LogP contribution in [-0.2, 0) is 27.3 Å². The van der Waals surface area contributed by atoms with Gasteiger partial charge in [-0.05, 0) is 30.4 Å². The van der Waals surface area contributed by atoms with Gasteiger partial charge >= 0.3 is 5.97 Å². The van der Waals surface area contributed by atoms with Crippen LogP contribution in [0.1, 0.15) is 57.1 Å². The summed E-state index contributed by atoms with van der Waals surface area (Å²) < 4.78 is 0. The molecule has 1 unspecified atom stereocenters. The third-order valence-electron chi connectivity index (χ3n) is 4.98. The molecule has 0 saturated carbocycles. The molecule has 0 spiro atoms. The first kappa shape index (κ1) is 20.9. The Labute approximate surface area is 161 Å².